The van der Waals surface area contributed by atoms with Gasteiger partial charge in [-0.2, -0.15) is 0 Å². The van der Waals surface area contributed by atoms with Crippen LogP contribution >= 0.6 is 27.5 Å². The van der Waals surface area contributed by atoms with Crippen molar-refractivity contribution in [3.8, 4) is 0 Å². The van der Waals surface area contributed by atoms with E-state index < -0.39 is 18.5 Å². The molecule has 5 nitrogen and oxygen atoms in total. The molecule has 25 heavy (non-hydrogen) atoms. The van der Waals surface area contributed by atoms with Gasteiger partial charge in [-0.3, -0.25) is 14.4 Å². The lowest BCUT2D eigenvalue weighted by Crippen LogP contribution is -2.21. The van der Waals surface area contributed by atoms with Crippen LogP contribution in [0.3, 0.4) is 0 Å². The maximum absolute atomic E-state index is 11.9. The molecule has 0 heterocycles. The third kappa shape index (κ3) is 6.32. The Morgan fingerprint density at radius 1 is 1.04 bits per heavy atom. The number of rotatable bonds is 7. The number of esters is 1. The lowest BCUT2D eigenvalue weighted by Gasteiger charge is -2.08. The second-order valence-corrected chi connectivity index (χ2v) is 6.45. The number of Topliss-reactive ketones (excluding diaryl/α,β-unsaturated/α-hetero) is 1. The Kier molecular flexibility index (Phi) is 7.16. The number of nitrogens with one attached hydrogen (secondary N) is 1. The predicted molar refractivity (Wildman–Crippen MR) is 98.7 cm³/mol. The molecular weight excluding hydrogens is 410 g/mol. The summed E-state index contributed by atoms with van der Waals surface area (Å²) in [6, 6.07) is 13.7. The molecule has 0 bridgehead atoms. The average molecular weight is 425 g/mol. The standard InChI is InChI=1S/C18H15BrClNO4/c19-13-6-7-15(14(20)10-13)21-17(23)11-25-18(24)9-8-16(22)12-4-2-1-3-5-12/h1-7,10H,8-9,11H2,(H,21,23). The van der Waals surface area contributed by atoms with Crippen molar-refractivity contribution in [3.63, 3.8) is 0 Å². The zero-order valence-corrected chi connectivity index (χ0v) is 15.5. The monoisotopic (exact) mass is 423 g/mol. The number of benzene rings is 2. The Labute approximate surface area is 158 Å². The van der Waals surface area contributed by atoms with E-state index in [1.54, 1.807) is 48.5 Å². The zero-order valence-electron chi connectivity index (χ0n) is 13.1. The van der Waals surface area contributed by atoms with Crippen molar-refractivity contribution >= 4 is 50.9 Å². The van der Waals surface area contributed by atoms with Gasteiger partial charge in [-0.25, -0.2) is 0 Å². The minimum atomic E-state index is -0.610. The first-order chi connectivity index (χ1) is 12.0. The van der Waals surface area contributed by atoms with Crippen LogP contribution in [0.5, 0.6) is 0 Å². The van der Waals surface area contributed by atoms with Crippen LogP contribution < -0.4 is 5.32 Å². The van der Waals surface area contributed by atoms with E-state index in [4.69, 9.17) is 16.3 Å². The fraction of sp³-hybridized carbons (Fsp3) is 0.167. The van der Waals surface area contributed by atoms with Gasteiger partial charge in [0.05, 0.1) is 17.1 Å². The number of amides is 1. The van der Waals surface area contributed by atoms with E-state index in [9.17, 15) is 14.4 Å². The van der Waals surface area contributed by atoms with Gasteiger partial charge in [0.25, 0.3) is 5.91 Å². The lowest BCUT2D eigenvalue weighted by molar-refractivity contribution is -0.147. The first-order valence-electron chi connectivity index (χ1n) is 7.44. The number of anilines is 1. The van der Waals surface area contributed by atoms with Gasteiger partial charge in [0.2, 0.25) is 0 Å². The van der Waals surface area contributed by atoms with Crippen LogP contribution in [0, 0.1) is 0 Å². The summed E-state index contributed by atoms with van der Waals surface area (Å²) >= 11 is 9.25. The molecule has 7 heteroatoms. The van der Waals surface area contributed by atoms with Crippen molar-refractivity contribution in [1.82, 2.24) is 0 Å². The Morgan fingerprint density at radius 3 is 2.44 bits per heavy atom. The first-order valence-corrected chi connectivity index (χ1v) is 8.61. The number of hydrogen-bond donors (Lipinski definition) is 1. The van der Waals surface area contributed by atoms with Gasteiger partial charge < -0.3 is 10.1 Å². The molecule has 0 aliphatic rings. The number of carbonyl (C=O) groups excluding carboxylic acids is 3. The van der Waals surface area contributed by atoms with Crippen LogP contribution in [-0.2, 0) is 14.3 Å². The molecule has 2 rings (SSSR count). The fourth-order valence-electron chi connectivity index (χ4n) is 1.98. The zero-order chi connectivity index (χ0) is 18.2. The molecule has 2 aromatic rings. The SMILES string of the molecule is O=C(COC(=O)CCC(=O)c1ccccc1)Nc1ccc(Br)cc1Cl. The highest BCUT2D eigenvalue weighted by Gasteiger charge is 2.12. The lowest BCUT2D eigenvalue weighted by atomic mass is 10.1. The summed E-state index contributed by atoms with van der Waals surface area (Å²) in [6.45, 7) is -0.440. The molecule has 130 valence electrons. The van der Waals surface area contributed by atoms with E-state index in [1.807, 2.05) is 0 Å². The summed E-state index contributed by atoms with van der Waals surface area (Å²) in [5.41, 5.74) is 0.961. The topological polar surface area (TPSA) is 72.5 Å². The molecular formula is C18H15BrClNO4. The van der Waals surface area contributed by atoms with Crippen LogP contribution in [0.2, 0.25) is 5.02 Å². The molecule has 0 aromatic heterocycles. The van der Waals surface area contributed by atoms with Crippen molar-refractivity contribution in [1.29, 1.82) is 0 Å². The summed E-state index contributed by atoms with van der Waals surface area (Å²) in [5.74, 6) is -1.27. The number of ether oxygens (including phenoxy) is 1. The summed E-state index contributed by atoms with van der Waals surface area (Å²) in [7, 11) is 0. The van der Waals surface area contributed by atoms with Crippen molar-refractivity contribution in [2.45, 2.75) is 12.8 Å². The average Bonchev–Trinajstić information content (AvgIpc) is 2.61. The van der Waals surface area contributed by atoms with Crippen LogP contribution in [0.1, 0.15) is 23.2 Å². The maximum atomic E-state index is 11.9. The second kappa shape index (κ2) is 9.34. The van der Waals surface area contributed by atoms with Crippen LogP contribution in [0.25, 0.3) is 0 Å². The van der Waals surface area contributed by atoms with Crippen LogP contribution in [0.4, 0.5) is 5.69 Å². The minimum absolute atomic E-state index is 0.0308. The van der Waals surface area contributed by atoms with Crippen molar-refractivity contribution in [3.05, 3.63) is 63.6 Å². The van der Waals surface area contributed by atoms with Crippen molar-refractivity contribution in [2.24, 2.45) is 0 Å². The molecule has 1 amide bonds. The van der Waals surface area contributed by atoms with E-state index in [0.717, 1.165) is 4.47 Å². The maximum Gasteiger partial charge on any atom is 0.306 e. The van der Waals surface area contributed by atoms with Gasteiger partial charge in [-0.1, -0.05) is 57.9 Å². The third-order valence-electron chi connectivity index (χ3n) is 3.22. The highest BCUT2D eigenvalue weighted by atomic mass is 79.9. The molecule has 0 spiro atoms. The quantitative estimate of drug-likeness (QED) is 0.533. The van der Waals surface area contributed by atoms with Gasteiger partial charge in [0.1, 0.15) is 0 Å². The van der Waals surface area contributed by atoms with Gasteiger partial charge in [-0.15, -0.1) is 0 Å². The summed E-state index contributed by atoms with van der Waals surface area (Å²) in [6.07, 6.45) is -0.0525. The largest absolute Gasteiger partial charge is 0.456 e. The molecule has 0 radical (unpaired) electrons. The highest BCUT2D eigenvalue weighted by Crippen LogP contribution is 2.25. The highest BCUT2D eigenvalue weighted by molar-refractivity contribution is 9.10. The molecule has 2 aromatic carbocycles. The minimum Gasteiger partial charge on any atom is -0.456 e. The molecule has 0 saturated heterocycles. The summed E-state index contributed by atoms with van der Waals surface area (Å²) in [5, 5.41) is 2.91. The number of ketones is 1. The number of carbonyl (C=O) groups is 3. The molecule has 0 aliphatic carbocycles. The number of halogens is 2. The number of hydrogen-bond acceptors (Lipinski definition) is 4. The smallest absolute Gasteiger partial charge is 0.306 e. The van der Waals surface area contributed by atoms with E-state index in [1.165, 1.54) is 0 Å². The van der Waals surface area contributed by atoms with E-state index in [-0.39, 0.29) is 18.6 Å². The Balaban J connectivity index is 1.74. The van der Waals surface area contributed by atoms with E-state index >= 15 is 0 Å². The van der Waals surface area contributed by atoms with Gasteiger partial charge in [-0.05, 0) is 18.2 Å². The van der Waals surface area contributed by atoms with Gasteiger partial charge >= 0.3 is 5.97 Å². The molecule has 0 unspecified atom stereocenters. The van der Waals surface area contributed by atoms with Crippen LogP contribution in [0.15, 0.2) is 53.0 Å². The molecule has 0 saturated carbocycles. The van der Waals surface area contributed by atoms with Gasteiger partial charge in [0, 0.05) is 16.5 Å². The Hall–Kier alpha value is -2.18. The Morgan fingerprint density at radius 2 is 1.76 bits per heavy atom. The first kappa shape index (κ1) is 19.1. The summed E-state index contributed by atoms with van der Waals surface area (Å²) in [4.78, 5) is 35.3. The normalized spacial score (nSPS) is 10.2. The molecule has 0 atom stereocenters. The van der Waals surface area contributed by atoms with Crippen molar-refractivity contribution in [2.75, 3.05) is 11.9 Å². The predicted octanol–water partition coefficient (Wildman–Crippen LogP) is 4.25. The second-order valence-electron chi connectivity index (χ2n) is 5.12. The van der Waals surface area contributed by atoms with E-state index in [2.05, 4.69) is 21.2 Å². The molecule has 1 N–H and O–H groups in total. The molecule has 0 aliphatic heterocycles. The fourth-order valence-corrected chi connectivity index (χ4v) is 2.70. The van der Waals surface area contributed by atoms with Gasteiger partial charge in [0.15, 0.2) is 12.4 Å². The summed E-state index contributed by atoms with van der Waals surface area (Å²) < 4.78 is 5.65. The molecule has 0 fully saturated rings. The third-order valence-corrected chi connectivity index (χ3v) is 4.03. The van der Waals surface area contributed by atoms with Crippen LogP contribution in [-0.4, -0.2) is 24.3 Å². The van der Waals surface area contributed by atoms with E-state index in [0.29, 0.717) is 16.3 Å². The Bertz CT molecular complexity index is 780. The van der Waals surface area contributed by atoms with Crippen molar-refractivity contribution < 1.29 is 19.1 Å².